The maximum absolute atomic E-state index is 12.3. The van der Waals surface area contributed by atoms with Gasteiger partial charge < -0.3 is 9.30 Å². The van der Waals surface area contributed by atoms with E-state index in [1.54, 1.807) is 19.4 Å². The predicted octanol–water partition coefficient (Wildman–Crippen LogP) is 1.68. The SMILES string of the molecule is CCOC(=O)c1[nH]ncc1-c1c(-c2ccccc2)ncn1Cc1nn[nH]n1. The van der Waals surface area contributed by atoms with E-state index in [1.807, 2.05) is 34.9 Å². The van der Waals surface area contributed by atoms with Crippen molar-refractivity contribution in [1.82, 2.24) is 40.4 Å². The van der Waals surface area contributed by atoms with E-state index in [9.17, 15) is 4.79 Å². The summed E-state index contributed by atoms with van der Waals surface area (Å²) in [5.74, 6) is 0.0192. The number of nitrogens with one attached hydrogen (secondary N) is 2. The molecule has 0 aliphatic heterocycles. The number of aromatic amines is 2. The largest absolute Gasteiger partial charge is 0.461 e. The van der Waals surface area contributed by atoms with Gasteiger partial charge in [-0.2, -0.15) is 10.3 Å². The van der Waals surface area contributed by atoms with Gasteiger partial charge in [0, 0.05) is 5.56 Å². The molecule has 0 radical (unpaired) electrons. The van der Waals surface area contributed by atoms with E-state index in [0.29, 0.717) is 29.3 Å². The molecule has 0 amide bonds. The summed E-state index contributed by atoms with van der Waals surface area (Å²) in [6, 6.07) is 9.70. The molecule has 1 aromatic carbocycles. The number of carbonyl (C=O) groups excluding carboxylic acids is 1. The quantitative estimate of drug-likeness (QED) is 0.498. The average molecular weight is 364 g/mol. The number of rotatable bonds is 6. The molecule has 0 aliphatic rings. The number of tetrazole rings is 1. The third-order valence-electron chi connectivity index (χ3n) is 3.96. The maximum atomic E-state index is 12.3. The molecular formula is C17H16N8O2. The highest BCUT2D eigenvalue weighted by atomic mass is 16.5. The summed E-state index contributed by atoms with van der Waals surface area (Å²) in [7, 11) is 0. The summed E-state index contributed by atoms with van der Waals surface area (Å²) in [4.78, 5) is 16.9. The molecule has 3 heterocycles. The van der Waals surface area contributed by atoms with E-state index in [2.05, 4.69) is 35.8 Å². The monoisotopic (exact) mass is 364 g/mol. The second kappa shape index (κ2) is 7.20. The molecule has 0 unspecified atom stereocenters. The van der Waals surface area contributed by atoms with Crippen LogP contribution in [0, 0.1) is 0 Å². The van der Waals surface area contributed by atoms with Crippen molar-refractivity contribution < 1.29 is 9.53 Å². The predicted molar refractivity (Wildman–Crippen MR) is 94.5 cm³/mol. The number of hydrogen-bond acceptors (Lipinski definition) is 7. The second-order valence-corrected chi connectivity index (χ2v) is 5.64. The van der Waals surface area contributed by atoms with Gasteiger partial charge in [-0.15, -0.1) is 10.2 Å². The van der Waals surface area contributed by atoms with Crippen molar-refractivity contribution in [1.29, 1.82) is 0 Å². The smallest absolute Gasteiger partial charge is 0.357 e. The molecule has 4 aromatic rings. The maximum Gasteiger partial charge on any atom is 0.357 e. The van der Waals surface area contributed by atoms with Gasteiger partial charge in [0.05, 0.1) is 42.6 Å². The fraction of sp³-hybridized carbons (Fsp3) is 0.176. The lowest BCUT2D eigenvalue weighted by Gasteiger charge is -2.09. The van der Waals surface area contributed by atoms with Crippen LogP contribution in [0.25, 0.3) is 22.5 Å². The molecule has 10 nitrogen and oxygen atoms in total. The summed E-state index contributed by atoms with van der Waals surface area (Å²) < 4.78 is 6.98. The van der Waals surface area contributed by atoms with Gasteiger partial charge in [-0.1, -0.05) is 35.5 Å². The van der Waals surface area contributed by atoms with E-state index in [0.717, 1.165) is 5.56 Å². The van der Waals surface area contributed by atoms with Crippen molar-refractivity contribution in [2.45, 2.75) is 13.5 Å². The number of benzene rings is 1. The molecule has 0 aliphatic carbocycles. The first-order chi connectivity index (χ1) is 13.3. The number of carbonyl (C=O) groups is 1. The molecule has 3 aromatic heterocycles. The number of ether oxygens (including phenoxy) is 1. The Hall–Kier alpha value is -3.82. The van der Waals surface area contributed by atoms with Gasteiger partial charge in [-0.3, -0.25) is 5.10 Å². The van der Waals surface area contributed by atoms with Crippen molar-refractivity contribution >= 4 is 5.97 Å². The van der Waals surface area contributed by atoms with Gasteiger partial charge in [0.15, 0.2) is 11.5 Å². The fourth-order valence-electron chi connectivity index (χ4n) is 2.82. The van der Waals surface area contributed by atoms with Gasteiger partial charge in [0.25, 0.3) is 0 Å². The van der Waals surface area contributed by atoms with Crippen LogP contribution in [0.15, 0.2) is 42.9 Å². The van der Waals surface area contributed by atoms with E-state index in [-0.39, 0.29) is 12.3 Å². The first-order valence-electron chi connectivity index (χ1n) is 8.31. The lowest BCUT2D eigenvalue weighted by molar-refractivity contribution is 0.0520. The van der Waals surface area contributed by atoms with Gasteiger partial charge in [-0.25, -0.2) is 9.78 Å². The highest BCUT2D eigenvalue weighted by Crippen LogP contribution is 2.33. The zero-order valence-corrected chi connectivity index (χ0v) is 14.5. The third-order valence-corrected chi connectivity index (χ3v) is 3.96. The Balaban J connectivity index is 1.86. The molecule has 0 atom stereocenters. The van der Waals surface area contributed by atoms with Crippen molar-refractivity contribution in [3.63, 3.8) is 0 Å². The van der Waals surface area contributed by atoms with Gasteiger partial charge in [0.1, 0.15) is 0 Å². The standard InChI is InChI=1S/C17H16N8O2/c1-2-27-17(26)15-12(8-19-22-15)16-14(11-6-4-3-5-7-11)18-10-25(16)9-13-20-23-24-21-13/h3-8,10H,2,9H2,1H3,(H,19,22)(H,20,21,23,24). The van der Waals surface area contributed by atoms with Gasteiger partial charge in [0.2, 0.25) is 0 Å². The highest BCUT2D eigenvalue weighted by molar-refractivity contribution is 5.96. The molecule has 0 spiro atoms. The summed E-state index contributed by atoms with van der Waals surface area (Å²) >= 11 is 0. The van der Waals surface area contributed by atoms with Crippen LogP contribution in [0.1, 0.15) is 23.2 Å². The van der Waals surface area contributed by atoms with Crippen molar-refractivity contribution in [2.24, 2.45) is 0 Å². The molecule has 27 heavy (non-hydrogen) atoms. The number of aromatic nitrogens is 8. The van der Waals surface area contributed by atoms with Crippen LogP contribution in [0.4, 0.5) is 0 Å². The number of imidazole rings is 1. The topological polar surface area (TPSA) is 127 Å². The first-order valence-corrected chi connectivity index (χ1v) is 8.31. The molecule has 0 saturated heterocycles. The summed E-state index contributed by atoms with van der Waals surface area (Å²) in [6.07, 6.45) is 3.26. The number of nitrogens with zero attached hydrogens (tertiary/aromatic N) is 6. The van der Waals surface area contributed by atoms with Crippen LogP contribution >= 0.6 is 0 Å². The zero-order chi connectivity index (χ0) is 18.6. The molecule has 136 valence electrons. The average Bonchev–Trinajstić information content (AvgIpc) is 3.43. The van der Waals surface area contributed by atoms with E-state index in [4.69, 9.17) is 4.74 Å². The highest BCUT2D eigenvalue weighted by Gasteiger charge is 2.24. The normalized spacial score (nSPS) is 10.9. The number of hydrogen-bond donors (Lipinski definition) is 2. The molecular weight excluding hydrogens is 348 g/mol. The third kappa shape index (κ3) is 3.19. The van der Waals surface area contributed by atoms with Crippen LogP contribution in [0.3, 0.4) is 0 Å². The summed E-state index contributed by atoms with van der Waals surface area (Å²) in [5.41, 5.74) is 3.20. The Morgan fingerprint density at radius 2 is 2.11 bits per heavy atom. The summed E-state index contributed by atoms with van der Waals surface area (Å²) in [6.45, 7) is 2.36. The Morgan fingerprint density at radius 3 is 2.85 bits per heavy atom. The lowest BCUT2D eigenvalue weighted by atomic mass is 10.1. The van der Waals surface area contributed by atoms with Crippen molar-refractivity contribution in [3.05, 3.63) is 54.4 Å². The minimum atomic E-state index is -0.476. The number of esters is 1. The van der Waals surface area contributed by atoms with Crippen molar-refractivity contribution in [2.75, 3.05) is 6.61 Å². The lowest BCUT2D eigenvalue weighted by Crippen LogP contribution is -2.09. The molecule has 2 N–H and O–H groups in total. The van der Waals surface area contributed by atoms with Gasteiger partial charge >= 0.3 is 5.97 Å². The zero-order valence-electron chi connectivity index (χ0n) is 14.5. The Bertz CT molecular complexity index is 1040. The van der Waals surface area contributed by atoms with Gasteiger partial charge in [-0.05, 0) is 6.92 Å². The second-order valence-electron chi connectivity index (χ2n) is 5.64. The minimum Gasteiger partial charge on any atom is -0.461 e. The molecule has 0 saturated carbocycles. The van der Waals surface area contributed by atoms with E-state index >= 15 is 0 Å². The van der Waals surface area contributed by atoms with E-state index < -0.39 is 5.97 Å². The van der Waals surface area contributed by atoms with Crippen LogP contribution in [0.2, 0.25) is 0 Å². The van der Waals surface area contributed by atoms with Crippen LogP contribution in [0.5, 0.6) is 0 Å². The molecule has 10 heteroatoms. The van der Waals surface area contributed by atoms with Crippen LogP contribution in [-0.2, 0) is 11.3 Å². The Morgan fingerprint density at radius 1 is 1.26 bits per heavy atom. The molecule has 0 bridgehead atoms. The Kier molecular flexibility index (Phi) is 4.44. The minimum absolute atomic E-state index is 0.267. The molecule has 0 fully saturated rings. The first kappa shape index (κ1) is 16.6. The van der Waals surface area contributed by atoms with Crippen molar-refractivity contribution in [3.8, 4) is 22.5 Å². The van der Waals surface area contributed by atoms with Crippen LogP contribution in [-0.4, -0.2) is 52.9 Å². The van der Waals surface area contributed by atoms with E-state index in [1.165, 1.54) is 0 Å². The fourth-order valence-corrected chi connectivity index (χ4v) is 2.82. The summed E-state index contributed by atoms with van der Waals surface area (Å²) in [5, 5.41) is 20.8. The number of H-pyrrole nitrogens is 2. The molecule has 4 rings (SSSR count). The van der Waals surface area contributed by atoms with Crippen LogP contribution < -0.4 is 0 Å². The Labute approximate surface area is 153 Å².